The lowest BCUT2D eigenvalue weighted by molar-refractivity contribution is -0.121. The molecule has 0 aliphatic carbocycles. The van der Waals surface area contributed by atoms with E-state index in [4.69, 9.17) is 5.73 Å². The Bertz CT molecular complexity index is 831. The summed E-state index contributed by atoms with van der Waals surface area (Å²) in [4.78, 5) is 28.1. The highest BCUT2D eigenvalue weighted by atomic mass is 32.1. The van der Waals surface area contributed by atoms with Gasteiger partial charge in [0.15, 0.2) is 0 Å². The first-order valence-electron chi connectivity index (χ1n) is 10.6. The van der Waals surface area contributed by atoms with Gasteiger partial charge in [-0.2, -0.15) is 0 Å². The van der Waals surface area contributed by atoms with E-state index in [1.807, 2.05) is 31.2 Å². The molecule has 0 bridgehead atoms. The molecule has 7 heteroatoms. The molecule has 4 N–H and O–H groups in total. The zero-order valence-corrected chi connectivity index (χ0v) is 18.6. The number of nitrogens with one attached hydrogen (secondary N) is 2. The summed E-state index contributed by atoms with van der Waals surface area (Å²) < 4.78 is 0. The van der Waals surface area contributed by atoms with Crippen LogP contribution in [0.3, 0.4) is 0 Å². The second-order valence-corrected chi connectivity index (χ2v) is 9.15. The number of benzene rings is 1. The maximum Gasteiger partial charge on any atom is 0.312 e. The Morgan fingerprint density at radius 2 is 1.93 bits per heavy atom. The Labute approximate surface area is 182 Å². The van der Waals surface area contributed by atoms with Gasteiger partial charge in [0.2, 0.25) is 5.91 Å². The van der Waals surface area contributed by atoms with E-state index in [-0.39, 0.29) is 18.4 Å². The topological polar surface area (TPSA) is 87.5 Å². The number of aryl methyl sites for hydroxylation is 1. The number of piperidine rings is 1. The monoisotopic (exact) mass is 428 g/mol. The molecule has 1 aliphatic rings. The zero-order chi connectivity index (χ0) is 21.5. The molecule has 2 heterocycles. The van der Waals surface area contributed by atoms with Crippen LogP contribution in [-0.2, 0) is 4.79 Å². The van der Waals surface area contributed by atoms with Crippen LogP contribution in [0.4, 0.5) is 4.79 Å². The van der Waals surface area contributed by atoms with Crippen molar-refractivity contribution in [2.75, 3.05) is 19.6 Å². The summed E-state index contributed by atoms with van der Waals surface area (Å²) in [6.07, 6.45) is 2.53. The van der Waals surface area contributed by atoms with E-state index in [9.17, 15) is 9.59 Å². The fourth-order valence-electron chi connectivity index (χ4n) is 4.09. The fraction of sp³-hybridized carbons (Fsp3) is 0.478. The molecule has 1 aliphatic heterocycles. The van der Waals surface area contributed by atoms with E-state index in [1.165, 1.54) is 17.7 Å². The van der Waals surface area contributed by atoms with Crippen LogP contribution in [0.15, 0.2) is 41.8 Å². The average Bonchev–Trinajstić information content (AvgIpc) is 3.23. The van der Waals surface area contributed by atoms with Gasteiger partial charge in [-0.1, -0.05) is 37.3 Å². The van der Waals surface area contributed by atoms with Crippen LogP contribution in [0.2, 0.25) is 0 Å². The van der Waals surface area contributed by atoms with Crippen molar-refractivity contribution in [1.29, 1.82) is 0 Å². The van der Waals surface area contributed by atoms with Gasteiger partial charge in [-0.3, -0.25) is 9.69 Å². The van der Waals surface area contributed by atoms with Gasteiger partial charge in [-0.15, -0.1) is 11.3 Å². The summed E-state index contributed by atoms with van der Waals surface area (Å²) in [5, 5.41) is 7.91. The van der Waals surface area contributed by atoms with Crippen LogP contribution >= 0.6 is 11.3 Å². The van der Waals surface area contributed by atoms with E-state index >= 15 is 0 Å². The molecule has 2 aromatic rings. The maximum atomic E-state index is 12.8. The van der Waals surface area contributed by atoms with Crippen LogP contribution in [0.5, 0.6) is 0 Å². The molecule has 30 heavy (non-hydrogen) atoms. The fourth-order valence-corrected chi connectivity index (χ4v) is 4.95. The van der Waals surface area contributed by atoms with Crippen molar-refractivity contribution in [3.8, 4) is 0 Å². The van der Waals surface area contributed by atoms with Gasteiger partial charge in [0.1, 0.15) is 0 Å². The highest BCUT2D eigenvalue weighted by molar-refractivity contribution is 7.10. The molecule has 3 rings (SSSR count). The number of primary amides is 1. The first kappa shape index (κ1) is 22.3. The minimum atomic E-state index is -0.630. The predicted octanol–water partition coefficient (Wildman–Crippen LogP) is 3.75. The van der Waals surface area contributed by atoms with Gasteiger partial charge >= 0.3 is 6.03 Å². The minimum Gasteiger partial charge on any atom is -0.354 e. The van der Waals surface area contributed by atoms with E-state index in [1.54, 1.807) is 11.3 Å². The molecule has 1 fully saturated rings. The Balaban J connectivity index is 1.65. The molecular weight excluding hydrogens is 396 g/mol. The third-order valence-corrected chi connectivity index (χ3v) is 6.87. The van der Waals surface area contributed by atoms with Crippen molar-refractivity contribution >= 4 is 23.3 Å². The van der Waals surface area contributed by atoms with Crippen LogP contribution in [0.25, 0.3) is 0 Å². The van der Waals surface area contributed by atoms with Gasteiger partial charge in [0, 0.05) is 11.4 Å². The van der Waals surface area contributed by atoms with Crippen molar-refractivity contribution in [2.24, 2.45) is 11.7 Å². The van der Waals surface area contributed by atoms with Crippen LogP contribution in [0.1, 0.15) is 54.3 Å². The number of carbonyl (C=O) groups is 2. The second kappa shape index (κ2) is 10.6. The van der Waals surface area contributed by atoms with Gasteiger partial charge in [-0.25, -0.2) is 4.79 Å². The normalized spacial score (nSPS) is 17.3. The largest absolute Gasteiger partial charge is 0.354 e. The number of nitrogens with zero attached hydrogens (tertiary/aromatic N) is 1. The van der Waals surface area contributed by atoms with Crippen molar-refractivity contribution in [3.63, 3.8) is 0 Å². The van der Waals surface area contributed by atoms with Crippen molar-refractivity contribution in [1.82, 2.24) is 15.5 Å². The van der Waals surface area contributed by atoms with E-state index in [0.29, 0.717) is 6.54 Å². The predicted molar refractivity (Wildman–Crippen MR) is 121 cm³/mol. The molecule has 162 valence electrons. The first-order valence-corrected chi connectivity index (χ1v) is 11.5. The van der Waals surface area contributed by atoms with Crippen LogP contribution in [0, 0.1) is 12.8 Å². The summed E-state index contributed by atoms with van der Waals surface area (Å²) in [5.41, 5.74) is 7.29. The summed E-state index contributed by atoms with van der Waals surface area (Å²) in [6, 6.07) is 11.0. The Hall–Kier alpha value is -2.38. The summed E-state index contributed by atoms with van der Waals surface area (Å²) in [5.74, 6) is 0.665. The molecule has 3 amide bonds. The number of hydrogen-bond acceptors (Lipinski definition) is 4. The second-order valence-electron chi connectivity index (χ2n) is 8.18. The maximum absolute atomic E-state index is 12.8. The van der Waals surface area contributed by atoms with Gasteiger partial charge in [-0.05, 0) is 61.3 Å². The quantitative estimate of drug-likeness (QED) is 0.598. The first-order chi connectivity index (χ1) is 14.4. The van der Waals surface area contributed by atoms with Crippen LogP contribution in [-0.4, -0.2) is 36.5 Å². The smallest absolute Gasteiger partial charge is 0.312 e. The number of likely N-dealkylation sites (tertiary alicyclic amines) is 1. The highest BCUT2D eigenvalue weighted by Gasteiger charge is 2.26. The molecule has 0 radical (unpaired) electrons. The minimum absolute atomic E-state index is 0.0936. The van der Waals surface area contributed by atoms with Gasteiger partial charge in [0.25, 0.3) is 0 Å². The number of nitrogens with two attached hydrogens (primary N) is 1. The number of amides is 3. The lowest BCUT2D eigenvalue weighted by Crippen LogP contribution is -2.42. The molecule has 2 atom stereocenters. The molecule has 0 spiro atoms. The summed E-state index contributed by atoms with van der Waals surface area (Å²) in [6.45, 7) is 6.93. The van der Waals surface area contributed by atoms with Crippen molar-refractivity contribution < 1.29 is 9.59 Å². The molecular formula is C23H32N4O2S. The SMILES string of the molecule is Cc1ccccc1C(CC(=O)NCC(c1cccs1)N1CCC(C)CC1)NC(N)=O. The molecule has 0 saturated carbocycles. The Morgan fingerprint density at radius 1 is 1.20 bits per heavy atom. The number of urea groups is 1. The Morgan fingerprint density at radius 3 is 2.57 bits per heavy atom. The van der Waals surface area contributed by atoms with E-state index in [2.05, 4.69) is 40.0 Å². The number of hydrogen-bond donors (Lipinski definition) is 3. The lowest BCUT2D eigenvalue weighted by atomic mass is 9.97. The molecule has 1 aromatic heterocycles. The van der Waals surface area contributed by atoms with Crippen molar-refractivity contribution in [2.45, 2.75) is 45.2 Å². The van der Waals surface area contributed by atoms with Gasteiger partial charge < -0.3 is 16.4 Å². The third-order valence-electron chi connectivity index (χ3n) is 5.89. The molecule has 6 nitrogen and oxygen atoms in total. The van der Waals surface area contributed by atoms with E-state index in [0.717, 1.165) is 30.1 Å². The standard InChI is InChI=1S/C23H32N4O2S/c1-16-9-11-27(12-10-16)20(21-8-5-13-30-21)15-25-22(28)14-19(26-23(24)29)18-7-4-3-6-17(18)2/h3-8,13,16,19-20H,9-12,14-15H2,1-2H3,(H,25,28)(H3,24,26,29). The van der Waals surface area contributed by atoms with Crippen molar-refractivity contribution in [3.05, 3.63) is 57.8 Å². The third kappa shape index (κ3) is 6.06. The summed E-state index contributed by atoms with van der Waals surface area (Å²) >= 11 is 1.73. The number of carbonyl (C=O) groups excluding carboxylic acids is 2. The molecule has 2 unspecified atom stereocenters. The van der Waals surface area contributed by atoms with Crippen LogP contribution < -0.4 is 16.4 Å². The molecule has 1 saturated heterocycles. The number of thiophene rings is 1. The Kier molecular flexibility index (Phi) is 7.87. The average molecular weight is 429 g/mol. The highest BCUT2D eigenvalue weighted by Crippen LogP contribution is 2.29. The van der Waals surface area contributed by atoms with E-state index < -0.39 is 12.1 Å². The lowest BCUT2D eigenvalue weighted by Gasteiger charge is -2.36. The van der Waals surface area contributed by atoms with Gasteiger partial charge in [0.05, 0.1) is 18.5 Å². The summed E-state index contributed by atoms with van der Waals surface area (Å²) in [7, 11) is 0. The zero-order valence-electron chi connectivity index (χ0n) is 17.8. The number of rotatable bonds is 8. The molecule has 1 aromatic carbocycles.